The third-order valence-electron chi connectivity index (χ3n) is 3.95. The van der Waals surface area contributed by atoms with Crippen LogP contribution in [-0.4, -0.2) is 41.8 Å². The van der Waals surface area contributed by atoms with Gasteiger partial charge in [-0.2, -0.15) is 0 Å². The first kappa shape index (κ1) is 18.5. The molecule has 0 saturated heterocycles. The third-order valence-corrected chi connectivity index (χ3v) is 4.18. The van der Waals surface area contributed by atoms with E-state index in [2.05, 4.69) is 10.3 Å². The number of aliphatic imine (C=N–C) groups is 1. The number of carbonyl (C=O) groups is 3. The van der Waals surface area contributed by atoms with E-state index in [-0.39, 0.29) is 27.5 Å². The van der Waals surface area contributed by atoms with Crippen LogP contribution >= 0.6 is 11.6 Å². The lowest BCUT2D eigenvalue weighted by Gasteiger charge is -2.22. The van der Waals surface area contributed by atoms with Crippen LogP contribution < -0.4 is 10.2 Å². The van der Waals surface area contributed by atoms with E-state index >= 15 is 0 Å². The Labute approximate surface area is 158 Å². The summed E-state index contributed by atoms with van der Waals surface area (Å²) in [5, 5.41) is 12.0. The molecule has 7 nitrogen and oxygen atoms in total. The minimum Gasteiger partial charge on any atom is -0.479 e. The van der Waals surface area contributed by atoms with E-state index in [0.717, 1.165) is 0 Å². The Bertz CT molecular complexity index is 992. The van der Waals surface area contributed by atoms with Gasteiger partial charge in [-0.3, -0.25) is 9.79 Å². The van der Waals surface area contributed by atoms with Crippen LogP contribution in [0.5, 0.6) is 0 Å². The molecule has 0 aromatic heterocycles. The maximum atomic E-state index is 14.4. The fraction of sp³-hybridized carbons (Fsp3) is 0.111. The standard InChI is InChI=1S/C18H13ClFN3O4/c1-21-18(27)23-13-7-6-9(19)8-11(13)14(10-4-2-3-5-12(10)20)22-15(16(23)24)17(25)26/h2-8,15H,1H3,(H,21,27)(H,25,26). The Balaban J connectivity index is 2.37. The fourth-order valence-corrected chi connectivity index (χ4v) is 2.91. The van der Waals surface area contributed by atoms with E-state index in [1.165, 1.54) is 43.4 Å². The van der Waals surface area contributed by atoms with Gasteiger partial charge in [0.05, 0.1) is 11.4 Å². The lowest BCUT2D eigenvalue weighted by Crippen LogP contribution is -2.48. The van der Waals surface area contributed by atoms with Gasteiger partial charge in [0, 0.05) is 23.2 Å². The topological polar surface area (TPSA) is 99.1 Å². The summed E-state index contributed by atoms with van der Waals surface area (Å²) in [6, 6.07) is 7.03. The van der Waals surface area contributed by atoms with Crippen LogP contribution in [0.15, 0.2) is 47.5 Å². The van der Waals surface area contributed by atoms with Crippen LogP contribution in [0.3, 0.4) is 0 Å². The Morgan fingerprint density at radius 1 is 1.22 bits per heavy atom. The summed E-state index contributed by atoms with van der Waals surface area (Å²) < 4.78 is 14.4. The molecule has 0 saturated carbocycles. The van der Waals surface area contributed by atoms with Gasteiger partial charge in [0.15, 0.2) is 0 Å². The molecule has 1 aliphatic rings. The number of carbonyl (C=O) groups excluding carboxylic acids is 2. The van der Waals surface area contributed by atoms with Crippen molar-refractivity contribution in [3.8, 4) is 0 Å². The van der Waals surface area contributed by atoms with Crippen molar-refractivity contribution in [1.82, 2.24) is 5.32 Å². The highest BCUT2D eigenvalue weighted by molar-refractivity contribution is 6.33. The number of anilines is 1. The molecular formula is C18H13ClFN3O4. The smallest absolute Gasteiger partial charge is 0.338 e. The number of halogens is 2. The molecule has 1 unspecified atom stereocenters. The number of amides is 3. The van der Waals surface area contributed by atoms with E-state index < -0.39 is 29.8 Å². The molecular weight excluding hydrogens is 377 g/mol. The number of nitrogens with one attached hydrogen (secondary N) is 1. The summed E-state index contributed by atoms with van der Waals surface area (Å²) in [7, 11) is 1.30. The predicted octanol–water partition coefficient (Wildman–Crippen LogP) is 2.46. The van der Waals surface area contributed by atoms with E-state index in [1.54, 1.807) is 6.07 Å². The van der Waals surface area contributed by atoms with Crippen LogP contribution in [0.1, 0.15) is 11.1 Å². The molecule has 1 atom stereocenters. The van der Waals surface area contributed by atoms with E-state index in [0.29, 0.717) is 4.90 Å². The molecule has 0 spiro atoms. The SMILES string of the molecule is CNC(=O)N1C(=O)C(C(=O)O)N=C(c2ccccc2F)c2cc(Cl)ccc21. The molecule has 1 heterocycles. The Morgan fingerprint density at radius 2 is 1.93 bits per heavy atom. The van der Waals surface area contributed by atoms with Crippen LogP contribution in [0.4, 0.5) is 14.9 Å². The number of fused-ring (bicyclic) bond motifs is 1. The lowest BCUT2D eigenvalue weighted by molar-refractivity contribution is -0.141. The third kappa shape index (κ3) is 3.26. The molecule has 3 amide bonds. The molecule has 0 bridgehead atoms. The highest BCUT2D eigenvalue weighted by Gasteiger charge is 2.39. The van der Waals surface area contributed by atoms with Crippen LogP contribution in [0.25, 0.3) is 0 Å². The van der Waals surface area contributed by atoms with Gasteiger partial charge in [-0.05, 0) is 30.3 Å². The number of aliphatic carboxylic acids is 1. The molecule has 0 fully saturated rings. The molecule has 27 heavy (non-hydrogen) atoms. The second kappa shape index (κ2) is 7.16. The van der Waals surface area contributed by atoms with Crippen molar-refractivity contribution >= 4 is 40.9 Å². The molecule has 138 valence electrons. The Morgan fingerprint density at radius 3 is 2.56 bits per heavy atom. The number of hydrogen-bond donors (Lipinski definition) is 2. The molecule has 2 aromatic rings. The fourth-order valence-electron chi connectivity index (χ4n) is 2.74. The molecule has 1 aliphatic heterocycles. The van der Waals surface area contributed by atoms with E-state index in [1.807, 2.05) is 0 Å². The lowest BCUT2D eigenvalue weighted by atomic mass is 9.99. The van der Waals surface area contributed by atoms with E-state index in [9.17, 15) is 23.9 Å². The minimum atomic E-state index is -1.93. The summed E-state index contributed by atoms with van der Waals surface area (Å²) >= 11 is 6.05. The highest BCUT2D eigenvalue weighted by Crippen LogP contribution is 2.31. The number of nitrogens with zero attached hydrogens (tertiary/aromatic N) is 2. The first-order valence-electron chi connectivity index (χ1n) is 7.76. The van der Waals surface area contributed by atoms with Crippen LogP contribution in [0, 0.1) is 5.82 Å². The van der Waals surface area contributed by atoms with Crippen molar-refractivity contribution < 1.29 is 23.9 Å². The first-order valence-corrected chi connectivity index (χ1v) is 8.14. The maximum Gasteiger partial charge on any atom is 0.338 e. The summed E-state index contributed by atoms with van der Waals surface area (Å²) in [6.45, 7) is 0. The van der Waals surface area contributed by atoms with Gasteiger partial charge in [0.1, 0.15) is 5.82 Å². The number of hydrogen-bond acceptors (Lipinski definition) is 4. The van der Waals surface area contributed by atoms with Gasteiger partial charge in [-0.25, -0.2) is 18.9 Å². The maximum absolute atomic E-state index is 14.4. The Kier molecular flexibility index (Phi) is 4.91. The van der Waals surface area contributed by atoms with Gasteiger partial charge in [-0.1, -0.05) is 23.7 Å². The second-order valence-corrected chi connectivity index (χ2v) is 6.03. The normalized spacial score (nSPS) is 16.3. The quantitative estimate of drug-likeness (QED) is 0.771. The average Bonchev–Trinajstić information content (AvgIpc) is 2.76. The zero-order chi connectivity index (χ0) is 19.7. The molecule has 0 aliphatic carbocycles. The number of rotatable bonds is 2. The zero-order valence-electron chi connectivity index (χ0n) is 13.9. The van der Waals surface area contributed by atoms with Crippen molar-refractivity contribution in [2.24, 2.45) is 4.99 Å². The van der Waals surface area contributed by atoms with Crippen molar-refractivity contribution in [2.75, 3.05) is 11.9 Å². The molecule has 9 heteroatoms. The summed E-state index contributed by atoms with van der Waals surface area (Å²) in [5.74, 6) is -3.30. The minimum absolute atomic E-state index is 0.0150. The highest BCUT2D eigenvalue weighted by atomic mass is 35.5. The first-order chi connectivity index (χ1) is 12.8. The number of benzene rings is 2. The van der Waals surface area contributed by atoms with Gasteiger partial charge in [0.2, 0.25) is 6.04 Å². The monoisotopic (exact) mass is 389 g/mol. The molecule has 0 radical (unpaired) electrons. The largest absolute Gasteiger partial charge is 0.479 e. The zero-order valence-corrected chi connectivity index (χ0v) is 14.7. The number of urea groups is 1. The number of carboxylic acids is 1. The van der Waals surface area contributed by atoms with Crippen molar-refractivity contribution in [3.05, 3.63) is 64.4 Å². The molecule has 3 rings (SSSR count). The Hall–Kier alpha value is -3.26. The van der Waals surface area contributed by atoms with E-state index in [4.69, 9.17) is 11.6 Å². The van der Waals surface area contributed by atoms with Gasteiger partial charge in [-0.15, -0.1) is 0 Å². The summed E-state index contributed by atoms with van der Waals surface area (Å²) in [6.07, 6.45) is 0. The van der Waals surface area contributed by atoms with Crippen LogP contribution in [-0.2, 0) is 9.59 Å². The van der Waals surface area contributed by atoms with Crippen molar-refractivity contribution in [3.63, 3.8) is 0 Å². The van der Waals surface area contributed by atoms with Crippen molar-refractivity contribution in [1.29, 1.82) is 0 Å². The predicted molar refractivity (Wildman–Crippen MR) is 96.9 cm³/mol. The number of imide groups is 1. The second-order valence-electron chi connectivity index (χ2n) is 5.59. The van der Waals surface area contributed by atoms with Crippen molar-refractivity contribution in [2.45, 2.75) is 6.04 Å². The number of carboxylic acid groups (broad SMARTS) is 1. The number of benzodiazepines with no additional fused rings is 1. The molecule has 2 N–H and O–H groups in total. The molecule has 2 aromatic carbocycles. The van der Waals surface area contributed by atoms with Gasteiger partial charge < -0.3 is 10.4 Å². The average molecular weight is 390 g/mol. The summed E-state index contributed by atoms with van der Waals surface area (Å²) in [4.78, 5) is 41.3. The van der Waals surface area contributed by atoms with Gasteiger partial charge in [0.25, 0.3) is 5.91 Å². The van der Waals surface area contributed by atoms with Gasteiger partial charge >= 0.3 is 12.0 Å². The van der Waals surface area contributed by atoms with Crippen LogP contribution in [0.2, 0.25) is 5.02 Å². The summed E-state index contributed by atoms with van der Waals surface area (Å²) in [5.41, 5.74) is 0.111.